The Morgan fingerprint density at radius 2 is 1.81 bits per heavy atom. The van der Waals surface area contributed by atoms with E-state index >= 15 is 0 Å². The summed E-state index contributed by atoms with van der Waals surface area (Å²) in [5.74, 6) is 0.785. The molecule has 0 unspecified atom stereocenters. The molecule has 9 nitrogen and oxygen atoms in total. The van der Waals surface area contributed by atoms with Crippen LogP contribution in [0.15, 0.2) is 64.2 Å². The van der Waals surface area contributed by atoms with Crippen LogP contribution < -0.4 is 5.56 Å². The molecule has 0 saturated carbocycles. The van der Waals surface area contributed by atoms with Gasteiger partial charge in [0.1, 0.15) is 12.9 Å². The summed E-state index contributed by atoms with van der Waals surface area (Å²) < 4.78 is 8.35. The summed E-state index contributed by atoms with van der Waals surface area (Å²) in [5.41, 5.74) is 4.56. The van der Waals surface area contributed by atoms with Gasteiger partial charge in [-0.2, -0.15) is 4.98 Å². The Morgan fingerprint density at radius 1 is 1.00 bits per heavy atom. The molecular weight excluding hydrogens is 394 g/mol. The van der Waals surface area contributed by atoms with E-state index in [2.05, 4.69) is 25.4 Å². The van der Waals surface area contributed by atoms with Crippen molar-refractivity contribution >= 4 is 11.2 Å². The normalized spacial score (nSPS) is 11.3. The molecule has 0 N–H and O–H groups in total. The molecular formula is C22H19N7O2. The fraction of sp³-hybridized carbons (Fsp3) is 0.182. The first-order chi connectivity index (χ1) is 15.1. The standard InChI is InChI=1S/C22H19N7O2/c1-14-7-9-16(10-8-14)20-24-18(31-26-20)12-28-13-23-21-19(22(28)30)25-27-29(21)11-17-6-4-3-5-15(17)2/h3-10,13H,11-12H2,1-2H3. The second-order valence-electron chi connectivity index (χ2n) is 7.40. The third-order valence-corrected chi connectivity index (χ3v) is 5.16. The van der Waals surface area contributed by atoms with Gasteiger partial charge in [0.05, 0.1) is 6.54 Å². The van der Waals surface area contributed by atoms with Gasteiger partial charge in [0.2, 0.25) is 11.7 Å². The minimum Gasteiger partial charge on any atom is -0.337 e. The lowest BCUT2D eigenvalue weighted by Crippen LogP contribution is -2.21. The highest BCUT2D eigenvalue weighted by molar-refractivity contribution is 5.67. The second kappa shape index (κ2) is 7.60. The predicted molar refractivity (Wildman–Crippen MR) is 113 cm³/mol. The van der Waals surface area contributed by atoms with Crippen molar-refractivity contribution in [3.05, 3.63) is 87.8 Å². The Balaban J connectivity index is 1.42. The number of aryl methyl sites for hydroxylation is 2. The van der Waals surface area contributed by atoms with Gasteiger partial charge in [-0.25, -0.2) is 9.67 Å². The summed E-state index contributed by atoms with van der Waals surface area (Å²) >= 11 is 0. The molecule has 0 saturated heterocycles. The molecule has 0 aliphatic rings. The SMILES string of the molecule is Cc1ccc(-c2noc(Cn3cnc4c(nnn4Cc4ccccc4C)c3=O)n2)cc1. The lowest BCUT2D eigenvalue weighted by molar-refractivity contribution is 0.369. The molecule has 9 heteroatoms. The maximum absolute atomic E-state index is 12.9. The van der Waals surface area contributed by atoms with Crippen molar-refractivity contribution in [2.45, 2.75) is 26.9 Å². The molecule has 2 aromatic carbocycles. The molecule has 0 radical (unpaired) electrons. The highest BCUT2D eigenvalue weighted by Gasteiger charge is 2.15. The first-order valence-electron chi connectivity index (χ1n) is 9.81. The summed E-state index contributed by atoms with van der Waals surface area (Å²) in [6.07, 6.45) is 1.46. The average molecular weight is 413 g/mol. The molecule has 0 spiro atoms. The van der Waals surface area contributed by atoms with E-state index < -0.39 is 0 Å². The molecule has 154 valence electrons. The van der Waals surface area contributed by atoms with Crippen molar-refractivity contribution < 1.29 is 4.52 Å². The van der Waals surface area contributed by atoms with Gasteiger partial charge in [0, 0.05) is 5.56 Å². The van der Waals surface area contributed by atoms with Crippen LogP contribution in [0.4, 0.5) is 0 Å². The maximum Gasteiger partial charge on any atom is 0.283 e. The monoisotopic (exact) mass is 413 g/mol. The van der Waals surface area contributed by atoms with Crippen molar-refractivity contribution in [3.8, 4) is 11.4 Å². The van der Waals surface area contributed by atoms with Crippen LogP contribution in [0.25, 0.3) is 22.6 Å². The van der Waals surface area contributed by atoms with Crippen LogP contribution in [0.5, 0.6) is 0 Å². The molecule has 5 rings (SSSR count). The highest BCUT2D eigenvalue weighted by Crippen LogP contribution is 2.17. The van der Waals surface area contributed by atoms with E-state index in [0.29, 0.717) is 23.9 Å². The van der Waals surface area contributed by atoms with Gasteiger partial charge < -0.3 is 4.52 Å². The van der Waals surface area contributed by atoms with E-state index in [1.807, 2.05) is 62.4 Å². The number of rotatable bonds is 5. The van der Waals surface area contributed by atoms with Crippen molar-refractivity contribution in [1.82, 2.24) is 34.7 Å². The predicted octanol–water partition coefficient (Wildman–Crippen LogP) is 2.75. The molecule has 0 aliphatic carbocycles. The van der Waals surface area contributed by atoms with E-state index in [4.69, 9.17) is 4.52 Å². The highest BCUT2D eigenvalue weighted by atomic mass is 16.5. The summed E-state index contributed by atoms with van der Waals surface area (Å²) in [6, 6.07) is 15.8. The van der Waals surface area contributed by atoms with Crippen molar-refractivity contribution in [1.29, 1.82) is 0 Å². The van der Waals surface area contributed by atoms with Gasteiger partial charge in [-0.1, -0.05) is 64.5 Å². The molecule has 0 amide bonds. The van der Waals surface area contributed by atoms with Crippen LogP contribution in [0.2, 0.25) is 0 Å². The smallest absolute Gasteiger partial charge is 0.283 e. The van der Waals surface area contributed by atoms with Crippen molar-refractivity contribution in [2.24, 2.45) is 0 Å². The molecule has 0 bridgehead atoms. The van der Waals surface area contributed by atoms with Gasteiger partial charge in [-0.05, 0) is 25.0 Å². The van der Waals surface area contributed by atoms with Gasteiger partial charge in [0.25, 0.3) is 5.56 Å². The molecule has 0 aliphatic heterocycles. The molecule has 3 heterocycles. The zero-order valence-corrected chi connectivity index (χ0v) is 17.1. The summed E-state index contributed by atoms with van der Waals surface area (Å²) in [4.78, 5) is 21.7. The fourth-order valence-corrected chi connectivity index (χ4v) is 3.34. The zero-order chi connectivity index (χ0) is 21.4. The number of nitrogens with zero attached hydrogens (tertiary/aromatic N) is 7. The third-order valence-electron chi connectivity index (χ3n) is 5.16. The number of fused-ring (bicyclic) bond motifs is 1. The topological polar surface area (TPSA) is 105 Å². The van der Waals surface area contributed by atoms with E-state index in [1.165, 1.54) is 10.9 Å². The largest absolute Gasteiger partial charge is 0.337 e. The molecule has 0 atom stereocenters. The first-order valence-corrected chi connectivity index (χ1v) is 9.81. The molecule has 0 fully saturated rings. The Kier molecular flexibility index (Phi) is 4.62. The van der Waals surface area contributed by atoms with Gasteiger partial charge in [0.15, 0.2) is 11.2 Å². The van der Waals surface area contributed by atoms with Gasteiger partial charge in [-0.3, -0.25) is 9.36 Å². The zero-order valence-electron chi connectivity index (χ0n) is 17.1. The second-order valence-corrected chi connectivity index (χ2v) is 7.40. The van der Waals surface area contributed by atoms with Crippen LogP contribution in [0.3, 0.4) is 0 Å². The Labute approximate surface area is 177 Å². The lowest BCUT2D eigenvalue weighted by Gasteiger charge is -2.06. The minimum atomic E-state index is -0.309. The Hall–Kier alpha value is -4.14. The van der Waals surface area contributed by atoms with Crippen LogP contribution in [-0.2, 0) is 13.1 Å². The molecule has 5 aromatic rings. The first kappa shape index (κ1) is 18.9. The summed E-state index contributed by atoms with van der Waals surface area (Å²) in [6.45, 7) is 4.64. The van der Waals surface area contributed by atoms with E-state index in [0.717, 1.165) is 22.3 Å². The number of aromatic nitrogens is 7. The van der Waals surface area contributed by atoms with Crippen LogP contribution >= 0.6 is 0 Å². The fourth-order valence-electron chi connectivity index (χ4n) is 3.34. The van der Waals surface area contributed by atoms with Crippen LogP contribution in [-0.4, -0.2) is 34.7 Å². The molecule has 31 heavy (non-hydrogen) atoms. The average Bonchev–Trinajstić information content (AvgIpc) is 3.40. The quantitative estimate of drug-likeness (QED) is 0.436. The van der Waals surface area contributed by atoms with E-state index in [1.54, 1.807) is 4.68 Å². The van der Waals surface area contributed by atoms with Crippen molar-refractivity contribution in [2.75, 3.05) is 0 Å². The lowest BCUT2D eigenvalue weighted by atomic mass is 10.1. The van der Waals surface area contributed by atoms with E-state index in [-0.39, 0.29) is 17.6 Å². The Bertz CT molecular complexity index is 1430. The third kappa shape index (κ3) is 3.61. The maximum atomic E-state index is 12.9. The van der Waals surface area contributed by atoms with E-state index in [9.17, 15) is 4.79 Å². The molecule has 3 aromatic heterocycles. The number of hydrogen-bond donors (Lipinski definition) is 0. The Morgan fingerprint density at radius 3 is 2.61 bits per heavy atom. The van der Waals surface area contributed by atoms with Crippen LogP contribution in [0.1, 0.15) is 22.6 Å². The summed E-state index contributed by atoms with van der Waals surface area (Å²) in [7, 11) is 0. The van der Waals surface area contributed by atoms with Crippen LogP contribution in [0, 0.1) is 13.8 Å². The van der Waals surface area contributed by atoms with Gasteiger partial charge >= 0.3 is 0 Å². The van der Waals surface area contributed by atoms with Gasteiger partial charge in [-0.15, -0.1) is 5.10 Å². The minimum absolute atomic E-state index is 0.102. The number of hydrogen-bond acceptors (Lipinski definition) is 7. The van der Waals surface area contributed by atoms with Crippen molar-refractivity contribution in [3.63, 3.8) is 0 Å². The summed E-state index contributed by atoms with van der Waals surface area (Å²) in [5, 5.41) is 12.2. The number of benzene rings is 2.